The van der Waals surface area contributed by atoms with Crippen LogP contribution in [0.3, 0.4) is 0 Å². The van der Waals surface area contributed by atoms with Crippen LogP contribution in [-0.2, 0) is 5.41 Å². The van der Waals surface area contributed by atoms with Crippen LogP contribution in [0.1, 0.15) is 25.3 Å². The highest BCUT2D eigenvalue weighted by Gasteiger charge is 2.35. The Morgan fingerprint density at radius 1 is 1.33 bits per heavy atom. The first-order valence-electron chi connectivity index (χ1n) is 6.83. The molecular formula is C15H23ClN2. The average Bonchev–Trinajstić information content (AvgIpc) is 2.40. The van der Waals surface area contributed by atoms with E-state index in [1.807, 2.05) is 13.1 Å². The number of hydrogen-bond donors (Lipinski definition) is 1. The van der Waals surface area contributed by atoms with Gasteiger partial charge in [-0.1, -0.05) is 30.7 Å². The summed E-state index contributed by atoms with van der Waals surface area (Å²) in [5.74, 6) is 0. The van der Waals surface area contributed by atoms with E-state index in [0.29, 0.717) is 0 Å². The van der Waals surface area contributed by atoms with Crippen molar-refractivity contribution in [2.45, 2.75) is 25.2 Å². The lowest BCUT2D eigenvalue weighted by Crippen LogP contribution is -2.47. The summed E-state index contributed by atoms with van der Waals surface area (Å²) in [6.07, 6.45) is 2.42. The van der Waals surface area contributed by atoms with E-state index in [0.717, 1.165) is 18.1 Å². The summed E-state index contributed by atoms with van der Waals surface area (Å²) in [4.78, 5) is 2.53. The summed E-state index contributed by atoms with van der Waals surface area (Å²) in [5.41, 5.74) is 1.64. The Balaban J connectivity index is 2.22. The van der Waals surface area contributed by atoms with Gasteiger partial charge in [0.1, 0.15) is 0 Å². The summed E-state index contributed by atoms with van der Waals surface area (Å²) < 4.78 is 0. The van der Waals surface area contributed by atoms with Crippen molar-refractivity contribution in [2.24, 2.45) is 0 Å². The molecule has 0 unspecified atom stereocenters. The zero-order valence-corrected chi connectivity index (χ0v) is 12.1. The van der Waals surface area contributed by atoms with Crippen molar-refractivity contribution in [1.29, 1.82) is 0 Å². The molecule has 2 nitrogen and oxygen atoms in total. The quantitative estimate of drug-likeness (QED) is 0.902. The van der Waals surface area contributed by atoms with Crippen molar-refractivity contribution in [3.05, 3.63) is 34.9 Å². The minimum atomic E-state index is 0.255. The maximum Gasteiger partial charge on any atom is 0.0408 e. The van der Waals surface area contributed by atoms with Gasteiger partial charge in [-0.25, -0.2) is 0 Å². The van der Waals surface area contributed by atoms with Gasteiger partial charge in [0, 0.05) is 17.0 Å². The van der Waals surface area contributed by atoms with Crippen LogP contribution in [0.15, 0.2) is 24.3 Å². The molecule has 1 aromatic carbocycles. The molecule has 1 aromatic rings. The maximum atomic E-state index is 6.15. The number of halogens is 1. The molecule has 0 aliphatic carbocycles. The number of rotatable bonds is 4. The lowest BCUT2D eigenvalue weighted by atomic mass is 9.72. The Labute approximate surface area is 115 Å². The van der Waals surface area contributed by atoms with Gasteiger partial charge in [0.25, 0.3) is 0 Å². The van der Waals surface area contributed by atoms with Crippen molar-refractivity contribution in [3.63, 3.8) is 0 Å². The molecule has 1 fully saturated rings. The van der Waals surface area contributed by atoms with Crippen molar-refractivity contribution in [2.75, 3.05) is 33.2 Å². The van der Waals surface area contributed by atoms with E-state index < -0.39 is 0 Å². The normalized spacial score (nSPS) is 19.9. The SMILES string of the molecule is CCN1CCC(CNC)(c2cccc(Cl)c2)CC1. The van der Waals surface area contributed by atoms with E-state index >= 15 is 0 Å². The number of nitrogens with one attached hydrogen (secondary N) is 1. The van der Waals surface area contributed by atoms with Gasteiger partial charge in [0.05, 0.1) is 0 Å². The highest BCUT2D eigenvalue weighted by atomic mass is 35.5. The van der Waals surface area contributed by atoms with Crippen LogP contribution in [-0.4, -0.2) is 38.1 Å². The predicted octanol–water partition coefficient (Wildman–Crippen LogP) is 2.91. The standard InChI is InChI=1S/C15H23ClN2/c1-3-18-9-7-15(8-10-18,12-17-2)13-5-4-6-14(16)11-13/h4-6,11,17H,3,7-10,12H2,1-2H3. The summed E-state index contributed by atoms with van der Waals surface area (Å²) in [6, 6.07) is 8.39. The Morgan fingerprint density at radius 2 is 2.06 bits per heavy atom. The third-order valence-corrected chi connectivity index (χ3v) is 4.45. The Hall–Kier alpha value is -0.570. The molecule has 0 radical (unpaired) electrons. The van der Waals surface area contributed by atoms with Gasteiger partial charge >= 0.3 is 0 Å². The van der Waals surface area contributed by atoms with E-state index in [1.54, 1.807) is 0 Å². The van der Waals surface area contributed by atoms with Crippen LogP contribution in [0.2, 0.25) is 5.02 Å². The third-order valence-electron chi connectivity index (χ3n) is 4.21. The second-order valence-electron chi connectivity index (χ2n) is 5.26. The molecule has 100 valence electrons. The summed E-state index contributed by atoms with van der Waals surface area (Å²) in [7, 11) is 2.04. The highest BCUT2D eigenvalue weighted by molar-refractivity contribution is 6.30. The van der Waals surface area contributed by atoms with Gasteiger partial charge in [-0.05, 0) is 57.2 Å². The van der Waals surface area contributed by atoms with Gasteiger partial charge in [-0.3, -0.25) is 0 Å². The van der Waals surface area contributed by atoms with Crippen LogP contribution in [0.4, 0.5) is 0 Å². The predicted molar refractivity (Wildman–Crippen MR) is 78.4 cm³/mol. The molecule has 1 aliphatic heterocycles. The molecule has 18 heavy (non-hydrogen) atoms. The molecule has 0 spiro atoms. The average molecular weight is 267 g/mol. The zero-order valence-electron chi connectivity index (χ0n) is 11.4. The molecule has 1 N–H and O–H groups in total. The van der Waals surface area contributed by atoms with Gasteiger partial charge in [0.15, 0.2) is 0 Å². The second kappa shape index (κ2) is 6.05. The number of piperidine rings is 1. The van der Waals surface area contributed by atoms with Crippen LogP contribution in [0.5, 0.6) is 0 Å². The molecule has 1 heterocycles. The van der Waals surface area contributed by atoms with Crippen LogP contribution >= 0.6 is 11.6 Å². The van der Waals surface area contributed by atoms with Crippen LogP contribution in [0.25, 0.3) is 0 Å². The van der Waals surface area contributed by atoms with Crippen molar-refractivity contribution in [1.82, 2.24) is 10.2 Å². The first-order valence-corrected chi connectivity index (χ1v) is 7.21. The van der Waals surface area contributed by atoms with Gasteiger partial charge in [-0.15, -0.1) is 0 Å². The number of hydrogen-bond acceptors (Lipinski definition) is 2. The molecule has 0 aromatic heterocycles. The molecule has 0 atom stereocenters. The van der Waals surface area contributed by atoms with E-state index in [4.69, 9.17) is 11.6 Å². The van der Waals surface area contributed by atoms with E-state index in [9.17, 15) is 0 Å². The maximum absolute atomic E-state index is 6.15. The monoisotopic (exact) mass is 266 g/mol. The number of nitrogens with zero attached hydrogens (tertiary/aromatic N) is 1. The van der Waals surface area contributed by atoms with Crippen LogP contribution < -0.4 is 5.32 Å². The van der Waals surface area contributed by atoms with E-state index in [2.05, 4.69) is 35.3 Å². The first-order chi connectivity index (χ1) is 8.70. The molecule has 0 saturated carbocycles. The van der Waals surface area contributed by atoms with E-state index in [-0.39, 0.29) is 5.41 Å². The third kappa shape index (κ3) is 2.87. The molecule has 0 amide bonds. The minimum Gasteiger partial charge on any atom is -0.319 e. The lowest BCUT2D eigenvalue weighted by molar-refractivity contribution is 0.164. The largest absolute Gasteiger partial charge is 0.319 e. The second-order valence-corrected chi connectivity index (χ2v) is 5.69. The smallest absolute Gasteiger partial charge is 0.0408 e. The number of benzene rings is 1. The van der Waals surface area contributed by atoms with E-state index in [1.165, 1.54) is 31.5 Å². The molecule has 2 rings (SSSR count). The van der Waals surface area contributed by atoms with Crippen molar-refractivity contribution in [3.8, 4) is 0 Å². The number of likely N-dealkylation sites (tertiary alicyclic amines) is 1. The van der Waals surface area contributed by atoms with Gasteiger partial charge in [0.2, 0.25) is 0 Å². The fraction of sp³-hybridized carbons (Fsp3) is 0.600. The summed E-state index contributed by atoms with van der Waals surface area (Å²) in [5, 5.41) is 4.22. The fourth-order valence-electron chi connectivity index (χ4n) is 3.02. The fourth-order valence-corrected chi connectivity index (χ4v) is 3.21. The molecule has 1 aliphatic rings. The Bertz CT molecular complexity index is 384. The van der Waals surface area contributed by atoms with Crippen molar-refractivity contribution >= 4 is 11.6 Å². The van der Waals surface area contributed by atoms with Gasteiger partial charge < -0.3 is 10.2 Å². The van der Waals surface area contributed by atoms with Crippen molar-refractivity contribution < 1.29 is 0 Å². The molecular weight excluding hydrogens is 244 g/mol. The number of likely N-dealkylation sites (N-methyl/N-ethyl adjacent to an activating group) is 1. The lowest BCUT2D eigenvalue weighted by Gasteiger charge is -2.42. The first kappa shape index (κ1) is 13.9. The molecule has 3 heteroatoms. The van der Waals surface area contributed by atoms with Gasteiger partial charge in [-0.2, -0.15) is 0 Å². The summed E-state index contributed by atoms with van der Waals surface area (Å²) in [6.45, 7) is 6.80. The Kier molecular flexibility index (Phi) is 4.66. The van der Waals surface area contributed by atoms with Crippen LogP contribution in [0, 0.1) is 0 Å². The molecule has 1 saturated heterocycles. The highest BCUT2D eigenvalue weighted by Crippen LogP contribution is 2.35. The Morgan fingerprint density at radius 3 is 2.61 bits per heavy atom. The minimum absolute atomic E-state index is 0.255. The summed E-state index contributed by atoms with van der Waals surface area (Å²) >= 11 is 6.15. The zero-order chi connectivity index (χ0) is 13.0. The molecule has 0 bridgehead atoms. The topological polar surface area (TPSA) is 15.3 Å².